The molecule has 11 heteroatoms. The Morgan fingerprint density at radius 2 is 1.56 bits per heavy atom. The highest BCUT2D eigenvalue weighted by Gasteiger charge is 2.29. The molecule has 11 nitrogen and oxygen atoms in total. The summed E-state index contributed by atoms with van der Waals surface area (Å²) in [6.45, 7) is 2.68. The van der Waals surface area contributed by atoms with Crippen LogP contribution in [0.25, 0.3) is 44.2 Å². The first-order valence-electron chi connectivity index (χ1n) is 18.2. The second-order valence-corrected chi connectivity index (χ2v) is 13.6. The van der Waals surface area contributed by atoms with E-state index in [1.54, 1.807) is 19.5 Å². The Labute approximate surface area is 313 Å². The number of carbonyl (C=O) groups is 1. The van der Waals surface area contributed by atoms with Gasteiger partial charge in [-0.1, -0.05) is 66.7 Å². The van der Waals surface area contributed by atoms with E-state index in [1.165, 1.54) is 0 Å². The molecule has 1 aliphatic rings. The molecule has 3 aromatic heterocycles. The topological polar surface area (TPSA) is 117 Å². The summed E-state index contributed by atoms with van der Waals surface area (Å²) < 4.78 is 22.0. The summed E-state index contributed by atoms with van der Waals surface area (Å²) in [4.78, 5) is 24.5. The van der Waals surface area contributed by atoms with Crippen LogP contribution < -0.4 is 14.2 Å². The van der Waals surface area contributed by atoms with Crippen LogP contribution in [0.2, 0.25) is 0 Å². The number of nitrogens with zero attached hydrogens (tertiary/aromatic N) is 6. The molecule has 54 heavy (non-hydrogen) atoms. The number of carboxylic acid groups (broad SMARTS) is 1. The van der Waals surface area contributed by atoms with E-state index in [4.69, 9.17) is 19.3 Å². The fourth-order valence-electron chi connectivity index (χ4n) is 7.71. The van der Waals surface area contributed by atoms with Crippen molar-refractivity contribution in [3.63, 3.8) is 0 Å². The Morgan fingerprint density at radius 3 is 2.39 bits per heavy atom. The minimum absolute atomic E-state index is 0.172. The van der Waals surface area contributed by atoms with Gasteiger partial charge in [-0.05, 0) is 62.0 Å². The number of ether oxygens (including phenoxy) is 3. The molecule has 4 aromatic carbocycles. The van der Waals surface area contributed by atoms with Gasteiger partial charge in [-0.25, -0.2) is 14.8 Å². The Hall–Kier alpha value is -6.20. The molecule has 0 saturated heterocycles. The number of methoxy groups -OCH3 is 1. The molecule has 0 saturated carbocycles. The van der Waals surface area contributed by atoms with Crippen molar-refractivity contribution in [1.82, 2.24) is 29.2 Å². The molecule has 0 radical (unpaired) electrons. The van der Waals surface area contributed by atoms with Gasteiger partial charge in [0.15, 0.2) is 11.6 Å². The Morgan fingerprint density at radius 1 is 0.833 bits per heavy atom. The molecule has 0 spiro atoms. The summed E-state index contributed by atoms with van der Waals surface area (Å²) in [7, 11) is 5.67. The highest BCUT2D eigenvalue weighted by Crippen LogP contribution is 2.40. The summed E-state index contributed by atoms with van der Waals surface area (Å²) in [6.07, 6.45) is 5.33. The third kappa shape index (κ3) is 6.62. The van der Waals surface area contributed by atoms with Gasteiger partial charge in [-0.15, -0.1) is 0 Å². The summed E-state index contributed by atoms with van der Waals surface area (Å²) in [6, 6.07) is 28.0. The van der Waals surface area contributed by atoms with E-state index in [0.29, 0.717) is 55.6 Å². The van der Waals surface area contributed by atoms with Crippen molar-refractivity contribution in [3.05, 3.63) is 120 Å². The largest absolute Gasteiger partial charge is 0.496 e. The number of hydrogen-bond acceptors (Lipinski definition) is 8. The van der Waals surface area contributed by atoms with Gasteiger partial charge in [0.25, 0.3) is 0 Å². The van der Waals surface area contributed by atoms with Gasteiger partial charge >= 0.3 is 5.97 Å². The van der Waals surface area contributed by atoms with Gasteiger partial charge in [0.1, 0.15) is 29.5 Å². The lowest BCUT2D eigenvalue weighted by Gasteiger charge is -2.21. The maximum absolute atomic E-state index is 13.1. The van der Waals surface area contributed by atoms with Crippen molar-refractivity contribution in [1.29, 1.82) is 0 Å². The highest BCUT2D eigenvalue weighted by atomic mass is 16.5. The Bertz CT molecular complexity index is 2460. The number of fused-ring (bicyclic) bond motifs is 3. The van der Waals surface area contributed by atoms with Crippen LogP contribution in [0, 0.1) is 0 Å². The van der Waals surface area contributed by atoms with Gasteiger partial charge in [0.05, 0.1) is 42.9 Å². The van der Waals surface area contributed by atoms with Crippen molar-refractivity contribution in [2.45, 2.75) is 39.0 Å². The van der Waals surface area contributed by atoms with E-state index in [2.05, 4.69) is 46.2 Å². The zero-order valence-electron chi connectivity index (χ0n) is 30.7. The second kappa shape index (κ2) is 15.0. The van der Waals surface area contributed by atoms with Crippen LogP contribution in [0.15, 0.2) is 97.3 Å². The average molecular weight is 723 g/mol. The summed E-state index contributed by atoms with van der Waals surface area (Å²) in [5, 5.41) is 18.8. The summed E-state index contributed by atoms with van der Waals surface area (Å²) in [5.41, 5.74) is 6.52. The molecule has 4 heterocycles. The van der Waals surface area contributed by atoms with E-state index in [0.717, 1.165) is 74.0 Å². The van der Waals surface area contributed by atoms with Crippen LogP contribution in [0.5, 0.6) is 17.2 Å². The smallest absolute Gasteiger partial charge is 0.352 e. The Kier molecular flexibility index (Phi) is 9.71. The molecule has 0 unspecified atom stereocenters. The zero-order chi connectivity index (χ0) is 37.2. The molecule has 1 N–H and O–H groups in total. The summed E-state index contributed by atoms with van der Waals surface area (Å²) in [5.74, 6) is 1.64. The lowest BCUT2D eigenvalue weighted by Crippen LogP contribution is -2.23. The van der Waals surface area contributed by atoms with Gasteiger partial charge in [0, 0.05) is 42.0 Å². The lowest BCUT2D eigenvalue weighted by atomic mass is 9.97. The quantitative estimate of drug-likeness (QED) is 0.134. The van der Waals surface area contributed by atoms with Crippen LogP contribution in [0.3, 0.4) is 0 Å². The predicted molar refractivity (Wildman–Crippen MR) is 208 cm³/mol. The van der Waals surface area contributed by atoms with Gasteiger partial charge in [0.2, 0.25) is 0 Å². The predicted octanol–water partition coefficient (Wildman–Crippen LogP) is 7.78. The SMILES string of the molecule is COc1ccccc1-c1ncc(OCc2nn(C)c3c2-c2cccc4c(CCCOc5cccc6ccccc56)c(C(=O)O)n(c24)CCCN(C)C3)cn1. The highest BCUT2D eigenvalue weighted by molar-refractivity contribution is 6.04. The maximum Gasteiger partial charge on any atom is 0.352 e. The third-order valence-electron chi connectivity index (χ3n) is 10.2. The number of hydrogen-bond donors (Lipinski definition) is 1. The molecule has 0 bridgehead atoms. The van der Waals surface area contributed by atoms with Crippen molar-refractivity contribution < 1.29 is 24.1 Å². The minimum atomic E-state index is -0.931. The molecule has 8 rings (SSSR count). The third-order valence-corrected chi connectivity index (χ3v) is 10.2. The standard InChI is InChI=1S/C43H42N6O5/c1-47-21-11-22-49-40-31(32(41(49)43(50)51)18-10-23-53-38-20-8-13-28-12-4-5-14-30(28)38)16-9-17-34(40)39-35(46-48(2)36(39)26-47)27-54-29-24-44-42(45-25-29)33-15-6-7-19-37(33)52-3/h4-9,12-17,19-20,24-25H,10-11,18,21-23,26-27H2,1-3H3,(H,50,51). The van der Waals surface area contributed by atoms with Gasteiger partial charge < -0.3 is 28.8 Å². The monoisotopic (exact) mass is 722 g/mol. The number of aryl methyl sites for hydroxylation is 3. The van der Waals surface area contributed by atoms with Crippen LogP contribution in [0.1, 0.15) is 40.3 Å². The van der Waals surface area contributed by atoms with Crippen molar-refractivity contribution in [3.8, 4) is 39.8 Å². The number of carboxylic acids is 1. The molecule has 1 aliphatic heterocycles. The van der Waals surface area contributed by atoms with Crippen LogP contribution in [0.4, 0.5) is 0 Å². The van der Waals surface area contributed by atoms with Crippen molar-refractivity contribution in [2.24, 2.45) is 7.05 Å². The summed E-state index contributed by atoms with van der Waals surface area (Å²) >= 11 is 0. The molecule has 0 fully saturated rings. The molecule has 0 aliphatic carbocycles. The van der Waals surface area contributed by atoms with Crippen molar-refractivity contribution >= 4 is 27.6 Å². The minimum Gasteiger partial charge on any atom is -0.496 e. The van der Waals surface area contributed by atoms with Crippen molar-refractivity contribution in [2.75, 3.05) is 27.3 Å². The number of aromatic nitrogens is 5. The second-order valence-electron chi connectivity index (χ2n) is 13.6. The normalized spacial score (nSPS) is 13.2. The first-order valence-corrected chi connectivity index (χ1v) is 18.2. The molecular weight excluding hydrogens is 681 g/mol. The van der Waals surface area contributed by atoms with E-state index >= 15 is 0 Å². The van der Waals surface area contributed by atoms with Gasteiger partial charge in [-0.2, -0.15) is 5.10 Å². The lowest BCUT2D eigenvalue weighted by molar-refractivity contribution is 0.0683. The molecule has 0 atom stereocenters. The molecule has 274 valence electrons. The van der Waals surface area contributed by atoms with Crippen LogP contribution in [-0.4, -0.2) is 67.6 Å². The fourth-order valence-corrected chi connectivity index (χ4v) is 7.71. The average Bonchev–Trinajstić information content (AvgIpc) is 3.68. The molecule has 0 amide bonds. The van der Waals surface area contributed by atoms with E-state index in [1.807, 2.05) is 77.0 Å². The number of para-hydroxylation sites is 2. The van der Waals surface area contributed by atoms with Crippen LogP contribution >= 0.6 is 0 Å². The zero-order valence-corrected chi connectivity index (χ0v) is 30.7. The van der Waals surface area contributed by atoms with E-state index in [9.17, 15) is 9.90 Å². The number of aromatic carboxylic acids is 1. The Balaban J connectivity index is 1.13. The maximum atomic E-state index is 13.1. The number of rotatable bonds is 11. The van der Waals surface area contributed by atoms with E-state index < -0.39 is 5.97 Å². The molecule has 7 aromatic rings. The first kappa shape index (κ1) is 34.9. The van der Waals surface area contributed by atoms with Crippen LogP contribution in [-0.2, 0) is 33.2 Å². The number of benzene rings is 4. The fraction of sp³-hybridized carbons (Fsp3) is 0.256. The molecular formula is C43H42N6O5. The van der Waals surface area contributed by atoms with E-state index in [-0.39, 0.29) is 6.61 Å². The first-order chi connectivity index (χ1) is 26.4. The van der Waals surface area contributed by atoms with Gasteiger partial charge in [-0.3, -0.25) is 4.68 Å².